The highest BCUT2D eigenvalue weighted by atomic mass is 79.9. The summed E-state index contributed by atoms with van der Waals surface area (Å²) in [6, 6.07) is 7.27. The first kappa shape index (κ1) is 16.9. The Balaban J connectivity index is 2.47. The molecule has 1 N–H and O–H groups in total. The van der Waals surface area contributed by atoms with Gasteiger partial charge in [0.2, 0.25) is 0 Å². The highest BCUT2D eigenvalue weighted by Crippen LogP contribution is 2.37. The highest BCUT2D eigenvalue weighted by Gasteiger charge is 2.21. The van der Waals surface area contributed by atoms with Crippen molar-refractivity contribution in [2.24, 2.45) is 0 Å². The minimum Gasteiger partial charge on any atom is -0.496 e. The normalized spacial score (nSPS) is 12.4. The molecule has 0 fully saturated rings. The summed E-state index contributed by atoms with van der Waals surface area (Å²) >= 11 is 8.41. The van der Waals surface area contributed by atoms with Gasteiger partial charge in [-0.3, -0.25) is 0 Å². The average molecular weight is 437 g/mol. The van der Waals surface area contributed by atoms with Gasteiger partial charge in [0.1, 0.15) is 11.6 Å². The van der Waals surface area contributed by atoms with Crippen molar-refractivity contribution in [2.75, 3.05) is 13.7 Å². The molecule has 1 atom stereocenters. The van der Waals surface area contributed by atoms with Gasteiger partial charge < -0.3 is 10.1 Å². The van der Waals surface area contributed by atoms with E-state index in [0.29, 0.717) is 10.2 Å². The largest absolute Gasteiger partial charge is 0.496 e. The van der Waals surface area contributed by atoms with Gasteiger partial charge in [-0.2, -0.15) is 0 Å². The van der Waals surface area contributed by atoms with E-state index in [9.17, 15) is 4.39 Å². The molecule has 1 aromatic heterocycles. The number of thiophene rings is 1. The summed E-state index contributed by atoms with van der Waals surface area (Å²) in [5.74, 6) is 0.228. The Morgan fingerprint density at radius 1 is 1.33 bits per heavy atom. The van der Waals surface area contributed by atoms with E-state index in [-0.39, 0.29) is 11.9 Å². The van der Waals surface area contributed by atoms with Gasteiger partial charge in [-0.15, -0.1) is 11.3 Å². The summed E-state index contributed by atoms with van der Waals surface area (Å²) in [5.41, 5.74) is 0.925. The van der Waals surface area contributed by atoms with Crippen LogP contribution in [0.15, 0.2) is 32.5 Å². The standard InChI is InChI=1S/C15H16Br2FNOS/c1-3-6-19-15(13-4-5-14(17)21-13)9-7-10(16)11(18)8-12(9)20-2/h4-5,7-8,15,19H,3,6H2,1-2H3. The van der Waals surface area contributed by atoms with Gasteiger partial charge in [-0.25, -0.2) is 4.39 Å². The van der Waals surface area contributed by atoms with Crippen molar-refractivity contribution in [1.29, 1.82) is 0 Å². The van der Waals surface area contributed by atoms with Crippen molar-refractivity contribution in [3.8, 4) is 5.75 Å². The summed E-state index contributed by atoms with van der Waals surface area (Å²) in [7, 11) is 1.56. The number of rotatable bonds is 6. The Labute approximate surface area is 145 Å². The third-order valence-electron chi connectivity index (χ3n) is 3.06. The van der Waals surface area contributed by atoms with Crippen LogP contribution in [0.3, 0.4) is 0 Å². The van der Waals surface area contributed by atoms with Gasteiger partial charge in [0.15, 0.2) is 0 Å². The summed E-state index contributed by atoms with van der Waals surface area (Å²) in [5, 5.41) is 3.50. The maximum absolute atomic E-state index is 13.7. The van der Waals surface area contributed by atoms with E-state index in [2.05, 4.69) is 50.2 Å². The van der Waals surface area contributed by atoms with Crippen LogP contribution in [-0.2, 0) is 0 Å². The minimum absolute atomic E-state index is 0.0203. The second-order valence-electron chi connectivity index (χ2n) is 4.54. The van der Waals surface area contributed by atoms with E-state index in [4.69, 9.17) is 4.74 Å². The van der Waals surface area contributed by atoms with E-state index in [1.54, 1.807) is 24.5 Å². The summed E-state index contributed by atoms with van der Waals surface area (Å²) < 4.78 is 20.6. The first-order valence-electron chi connectivity index (χ1n) is 6.58. The monoisotopic (exact) mass is 435 g/mol. The molecule has 1 aromatic carbocycles. The molecule has 0 spiro atoms. The second-order valence-corrected chi connectivity index (χ2v) is 7.89. The molecular formula is C15H16Br2FNOS. The predicted octanol–water partition coefficient (Wildman–Crippen LogP) is 5.51. The number of hydrogen-bond acceptors (Lipinski definition) is 3. The van der Waals surface area contributed by atoms with E-state index in [1.165, 1.54) is 6.07 Å². The van der Waals surface area contributed by atoms with E-state index >= 15 is 0 Å². The molecule has 2 nitrogen and oxygen atoms in total. The predicted molar refractivity (Wildman–Crippen MR) is 92.8 cm³/mol. The van der Waals surface area contributed by atoms with Crippen LogP contribution >= 0.6 is 43.2 Å². The molecule has 1 heterocycles. The zero-order chi connectivity index (χ0) is 15.4. The number of nitrogens with one attached hydrogen (secondary N) is 1. The van der Waals surface area contributed by atoms with Crippen LogP contribution in [0.5, 0.6) is 5.75 Å². The number of hydrogen-bond donors (Lipinski definition) is 1. The van der Waals surface area contributed by atoms with E-state index in [1.807, 2.05) is 6.07 Å². The lowest BCUT2D eigenvalue weighted by Gasteiger charge is -2.21. The smallest absolute Gasteiger partial charge is 0.141 e. The lowest BCUT2D eigenvalue weighted by Crippen LogP contribution is -2.23. The minimum atomic E-state index is -0.322. The average Bonchev–Trinajstić information content (AvgIpc) is 2.89. The lowest BCUT2D eigenvalue weighted by atomic mass is 10.0. The molecule has 0 radical (unpaired) electrons. The molecule has 0 bridgehead atoms. The Morgan fingerprint density at radius 3 is 2.67 bits per heavy atom. The molecule has 0 aliphatic rings. The van der Waals surface area contributed by atoms with Crippen LogP contribution in [0.2, 0.25) is 0 Å². The van der Waals surface area contributed by atoms with Crippen LogP contribution in [0.4, 0.5) is 4.39 Å². The van der Waals surface area contributed by atoms with Crippen LogP contribution < -0.4 is 10.1 Å². The zero-order valence-electron chi connectivity index (χ0n) is 11.8. The van der Waals surface area contributed by atoms with Gasteiger partial charge in [-0.1, -0.05) is 6.92 Å². The number of halogens is 3. The van der Waals surface area contributed by atoms with Crippen molar-refractivity contribution < 1.29 is 9.13 Å². The molecule has 114 valence electrons. The number of methoxy groups -OCH3 is 1. The molecule has 6 heteroatoms. The van der Waals surface area contributed by atoms with Gasteiger partial charge in [0, 0.05) is 16.5 Å². The Bertz CT molecular complexity index is 618. The Kier molecular flexibility index (Phi) is 6.22. The highest BCUT2D eigenvalue weighted by molar-refractivity contribution is 9.11. The fourth-order valence-electron chi connectivity index (χ4n) is 2.08. The molecule has 21 heavy (non-hydrogen) atoms. The molecule has 0 saturated heterocycles. The van der Waals surface area contributed by atoms with Gasteiger partial charge in [0.25, 0.3) is 0 Å². The topological polar surface area (TPSA) is 21.3 Å². The lowest BCUT2D eigenvalue weighted by molar-refractivity contribution is 0.400. The molecule has 0 aliphatic carbocycles. The summed E-state index contributed by atoms with van der Waals surface area (Å²) in [6.45, 7) is 2.99. The fourth-order valence-corrected chi connectivity index (χ4v) is 3.96. The zero-order valence-corrected chi connectivity index (χ0v) is 15.7. The maximum Gasteiger partial charge on any atom is 0.141 e. The van der Waals surface area contributed by atoms with Crippen molar-refractivity contribution in [3.05, 3.63) is 48.8 Å². The SMILES string of the molecule is CCCNC(c1ccc(Br)s1)c1cc(Br)c(F)cc1OC. The third-order valence-corrected chi connectivity index (χ3v) is 5.36. The maximum atomic E-state index is 13.7. The van der Waals surface area contributed by atoms with Crippen LogP contribution in [0.25, 0.3) is 0 Å². The molecule has 1 unspecified atom stereocenters. The molecule has 2 aromatic rings. The quantitative estimate of drug-likeness (QED) is 0.644. The molecule has 0 amide bonds. The second kappa shape index (κ2) is 7.72. The van der Waals surface area contributed by atoms with Crippen LogP contribution in [-0.4, -0.2) is 13.7 Å². The van der Waals surface area contributed by atoms with Crippen molar-refractivity contribution in [1.82, 2.24) is 5.32 Å². The summed E-state index contributed by atoms with van der Waals surface area (Å²) in [4.78, 5) is 1.16. The van der Waals surface area contributed by atoms with Gasteiger partial charge in [0.05, 0.1) is 21.4 Å². The Hall–Kier alpha value is -0.430. The molecule has 0 saturated carbocycles. The Morgan fingerprint density at radius 2 is 2.10 bits per heavy atom. The molecule has 2 rings (SSSR count). The first-order valence-corrected chi connectivity index (χ1v) is 8.98. The van der Waals surface area contributed by atoms with Crippen LogP contribution in [0, 0.1) is 5.82 Å². The fraction of sp³-hybridized carbons (Fsp3) is 0.333. The van der Waals surface area contributed by atoms with E-state index in [0.717, 1.165) is 27.2 Å². The van der Waals surface area contributed by atoms with Gasteiger partial charge >= 0.3 is 0 Å². The number of benzene rings is 1. The van der Waals surface area contributed by atoms with Crippen molar-refractivity contribution in [2.45, 2.75) is 19.4 Å². The number of ether oxygens (including phenoxy) is 1. The molecule has 0 aliphatic heterocycles. The van der Waals surface area contributed by atoms with Crippen LogP contribution in [0.1, 0.15) is 29.8 Å². The third kappa shape index (κ3) is 4.06. The van der Waals surface area contributed by atoms with Crippen molar-refractivity contribution >= 4 is 43.2 Å². The first-order chi connectivity index (χ1) is 10.1. The van der Waals surface area contributed by atoms with Gasteiger partial charge in [-0.05, 0) is 63.0 Å². The van der Waals surface area contributed by atoms with Crippen molar-refractivity contribution in [3.63, 3.8) is 0 Å². The summed E-state index contributed by atoms with van der Waals surface area (Å²) in [6.07, 6.45) is 1.02. The van der Waals surface area contributed by atoms with E-state index < -0.39 is 0 Å². The molecular weight excluding hydrogens is 421 g/mol.